The summed E-state index contributed by atoms with van der Waals surface area (Å²) in [5.74, 6) is 0.145. The third-order valence-corrected chi connectivity index (χ3v) is 4.32. The first-order chi connectivity index (χ1) is 8.26. The fraction of sp³-hybridized carbons (Fsp3) is 0.923. The van der Waals surface area contributed by atoms with E-state index in [2.05, 4.69) is 10.6 Å². The molecule has 106 valence electrons. The Labute approximate surface area is 115 Å². The number of nitrogens with one attached hydrogen (secondary N) is 2. The van der Waals surface area contributed by atoms with Crippen molar-refractivity contribution in [2.24, 2.45) is 5.41 Å². The van der Waals surface area contributed by atoms with Crippen molar-refractivity contribution in [3.8, 4) is 0 Å². The Hall–Kier alpha value is -0.320. The van der Waals surface area contributed by atoms with Crippen LogP contribution in [-0.4, -0.2) is 36.8 Å². The van der Waals surface area contributed by atoms with Gasteiger partial charge in [0.1, 0.15) is 0 Å². The maximum atomic E-state index is 11.9. The van der Waals surface area contributed by atoms with Crippen molar-refractivity contribution in [2.75, 3.05) is 19.7 Å². The second-order valence-electron chi connectivity index (χ2n) is 5.55. The average Bonchev–Trinajstić information content (AvgIpc) is 2.98. The van der Waals surface area contributed by atoms with Gasteiger partial charge in [-0.05, 0) is 44.1 Å². The Morgan fingerprint density at radius 1 is 1.33 bits per heavy atom. The van der Waals surface area contributed by atoms with Gasteiger partial charge in [-0.1, -0.05) is 12.8 Å². The summed E-state index contributed by atoms with van der Waals surface area (Å²) in [6.07, 6.45) is 7.64. The summed E-state index contributed by atoms with van der Waals surface area (Å²) in [6.45, 7) is 1.93. The zero-order chi connectivity index (χ0) is 12.1. The topological polar surface area (TPSA) is 61.4 Å². The highest BCUT2D eigenvalue weighted by molar-refractivity contribution is 5.85. The Balaban J connectivity index is 0.00000162. The molecule has 3 N–H and O–H groups in total. The van der Waals surface area contributed by atoms with Gasteiger partial charge in [0.25, 0.3) is 0 Å². The Morgan fingerprint density at radius 3 is 2.61 bits per heavy atom. The van der Waals surface area contributed by atoms with Crippen LogP contribution in [0.25, 0.3) is 0 Å². The van der Waals surface area contributed by atoms with Crippen LogP contribution in [0.5, 0.6) is 0 Å². The number of hydrogen-bond acceptors (Lipinski definition) is 3. The normalized spacial score (nSPS) is 25.7. The second kappa shape index (κ2) is 7.31. The van der Waals surface area contributed by atoms with Crippen LogP contribution < -0.4 is 10.6 Å². The number of hydrogen-bond donors (Lipinski definition) is 3. The van der Waals surface area contributed by atoms with E-state index in [1.807, 2.05) is 0 Å². The van der Waals surface area contributed by atoms with Crippen molar-refractivity contribution in [1.82, 2.24) is 10.6 Å². The molecular formula is C13H25ClN2O2. The van der Waals surface area contributed by atoms with Gasteiger partial charge in [-0.2, -0.15) is 0 Å². The maximum absolute atomic E-state index is 11.9. The first-order valence-electron chi connectivity index (χ1n) is 6.88. The first kappa shape index (κ1) is 15.7. The number of carbonyl (C=O) groups excluding carboxylic acids is 1. The summed E-state index contributed by atoms with van der Waals surface area (Å²) in [7, 11) is 0. The third-order valence-electron chi connectivity index (χ3n) is 4.32. The molecule has 0 spiro atoms. The molecule has 1 aliphatic heterocycles. The molecule has 1 aliphatic carbocycles. The van der Waals surface area contributed by atoms with Crippen LogP contribution in [0.2, 0.25) is 0 Å². The van der Waals surface area contributed by atoms with Crippen LogP contribution in [0.4, 0.5) is 0 Å². The molecule has 18 heavy (non-hydrogen) atoms. The molecule has 2 aliphatic rings. The summed E-state index contributed by atoms with van der Waals surface area (Å²) in [4.78, 5) is 11.9. The minimum Gasteiger partial charge on any atom is -0.396 e. The lowest BCUT2D eigenvalue weighted by Gasteiger charge is -2.29. The Kier molecular flexibility index (Phi) is 6.39. The molecule has 0 aromatic carbocycles. The number of aliphatic hydroxyl groups excluding tert-OH is 1. The number of halogens is 1. The van der Waals surface area contributed by atoms with Crippen molar-refractivity contribution < 1.29 is 9.90 Å². The van der Waals surface area contributed by atoms with E-state index < -0.39 is 0 Å². The number of amides is 1. The minimum atomic E-state index is 0. The van der Waals surface area contributed by atoms with Crippen LogP contribution in [0.15, 0.2) is 0 Å². The molecule has 1 saturated heterocycles. The molecule has 2 fully saturated rings. The molecule has 0 bridgehead atoms. The van der Waals surface area contributed by atoms with E-state index in [4.69, 9.17) is 5.11 Å². The number of rotatable bonds is 5. The van der Waals surface area contributed by atoms with Gasteiger partial charge < -0.3 is 15.7 Å². The predicted molar refractivity (Wildman–Crippen MR) is 73.9 cm³/mol. The van der Waals surface area contributed by atoms with E-state index in [-0.39, 0.29) is 36.4 Å². The van der Waals surface area contributed by atoms with Gasteiger partial charge in [-0.25, -0.2) is 0 Å². The highest BCUT2D eigenvalue weighted by Gasteiger charge is 2.34. The van der Waals surface area contributed by atoms with Crippen LogP contribution in [0, 0.1) is 5.41 Å². The predicted octanol–water partition coefficient (Wildman–Crippen LogP) is 1.22. The molecule has 4 nitrogen and oxygen atoms in total. The van der Waals surface area contributed by atoms with E-state index in [1.165, 1.54) is 12.8 Å². The lowest BCUT2D eigenvalue weighted by molar-refractivity contribution is -0.123. The average molecular weight is 277 g/mol. The smallest absolute Gasteiger partial charge is 0.237 e. The monoisotopic (exact) mass is 276 g/mol. The van der Waals surface area contributed by atoms with Gasteiger partial charge in [0.15, 0.2) is 0 Å². The van der Waals surface area contributed by atoms with Gasteiger partial charge in [0.2, 0.25) is 5.91 Å². The fourth-order valence-electron chi connectivity index (χ4n) is 3.18. The van der Waals surface area contributed by atoms with Crippen molar-refractivity contribution in [2.45, 2.75) is 51.0 Å². The first-order valence-corrected chi connectivity index (χ1v) is 6.88. The van der Waals surface area contributed by atoms with Crippen LogP contribution in [0.1, 0.15) is 44.9 Å². The molecule has 1 heterocycles. The van der Waals surface area contributed by atoms with Crippen molar-refractivity contribution >= 4 is 18.3 Å². The molecular weight excluding hydrogens is 252 g/mol. The molecule has 1 saturated carbocycles. The standard InChI is InChI=1S/C13H24N2O2.ClH/c16-9-7-13(5-1-2-6-13)10-15-12(17)11-4-3-8-14-11;/h11,14,16H,1-10H2,(H,15,17);1H. The van der Waals surface area contributed by atoms with Gasteiger partial charge in [-0.3, -0.25) is 4.79 Å². The Bertz CT molecular complexity index is 262. The molecule has 2 rings (SSSR count). The largest absolute Gasteiger partial charge is 0.396 e. The summed E-state index contributed by atoms with van der Waals surface area (Å²) in [5.41, 5.74) is 0.170. The quantitative estimate of drug-likeness (QED) is 0.708. The molecule has 5 heteroatoms. The van der Waals surface area contributed by atoms with Gasteiger partial charge >= 0.3 is 0 Å². The molecule has 0 aromatic rings. The van der Waals surface area contributed by atoms with E-state index in [0.717, 1.165) is 45.2 Å². The molecule has 1 atom stereocenters. The molecule has 0 aromatic heterocycles. The third kappa shape index (κ3) is 3.84. The highest BCUT2D eigenvalue weighted by Crippen LogP contribution is 2.40. The van der Waals surface area contributed by atoms with Crippen LogP contribution >= 0.6 is 12.4 Å². The number of carbonyl (C=O) groups is 1. The zero-order valence-electron chi connectivity index (χ0n) is 10.9. The SMILES string of the molecule is Cl.O=C(NCC1(CCO)CCCC1)C1CCCN1. The minimum absolute atomic E-state index is 0. The van der Waals surface area contributed by atoms with E-state index in [0.29, 0.717) is 0 Å². The summed E-state index contributed by atoms with van der Waals surface area (Å²) < 4.78 is 0. The van der Waals surface area contributed by atoms with Crippen LogP contribution in [0.3, 0.4) is 0 Å². The molecule has 1 amide bonds. The highest BCUT2D eigenvalue weighted by atomic mass is 35.5. The molecule has 0 radical (unpaired) electrons. The van der Waals surface area contributed by atoms with Gasteiger partial charge in [0.05, 0.1) is 6.04 Å². The van der Waals surface area contributed by atoms with Crippen molar-refractivity contribution in [1.29, 1.82) is 0 Å². The van der Waals surface area contributed by atoms with Crippen molar-refractivity contribution in [3.63, 3.8) is 0 Å². The van der Waals surface area contributed by atoms with E-state index in [1.54, 1.807) is 0 Å². The second-order valence-corrected chi connectivity index (χ2v) is 5.55. The zero-order valence-corrected chi connectivity index (χ0v) is 11.7. The van der Waals surface area contributed by atoms with Crippen molar-refractivity contribution in [3.05, 3.63) is 0 Å². The van der Waals surface area contributed by atoms with Gasteiger partial charge in [-0.15, -0.1) is 12.4 Å². The summed E-state index contributed by atoms with van der Waals surface area (Å²) in [5, 5.41) is 15.4. The fourth-order valence-corrected chi connectivity index (χ4v) is 3.18. The van der Waals surface area contributed by atoms with Crippen LogP contribution in [-0.2, 0) is 4.79 Å². The maximum Gasteiger partial charge on any atom is 0.237 e. The lowest BCUT2D eigenvalue weighted by Crippen LogP contribution is -2.44. The molecule has 1 unspecified atom stereocenters. The summed E-state index contributed by atoms with van der Waals surface area (Å²) >= 11 is 0. The number of aliphatic hydroxyl groups is 1. The van der Waals surface area contributed by atoms with E-state index >= 15 is 0 Å². The van der Waals surface area contributed by atoms with E-state index in [9.17, 15) is 4.79 Å². The Morgan fingerprint density at radius 2 is 2.06 bits per heavy atom. The lowest BCUT2D eigenvalue weighted by atomic mass is 9.83. The van der Waals surface area contributed by atoms with Gasteiger partial charge in [0, 0.05) is 13.2 Å². The summed E-state index contributed by atoms with van der Waals surface area (Å²) in [6, 6.07) is 0.0163.